The molecule has 2 fully saturated rings. The van der Waals surface area contributed by atoms with Gasteiger partial charge in [-0.15, -0.1) is 0 Å². The third kappa shape index (κ3) is 3.04. The molecule has 1 aromatic carbocycles. The van der Waals surface area contributed by atoms with Gasteiger partial charge < -0.3 is 5.32 Å². The van der Waals surface area contributed by atoms with E-state index in [-0.39, 0.29) is 5.54 Å². The molecule has 1 N–H and O–H groups in total. The molecule has 1 heteroatoms. The Morgan fingerprint density at radius 3 is 2.33 bits per heavy atom. The van der Waals surface area contributed by atoms with Crippen LogP contribution >= 0.6 is 0 Å². The summed E-state index contributed by atoms with van der Waals surface area (Å²) in [5.74, 6) is 0. The molecule has 0 bridgehead atoms. The van der Waals surface area contributed by atoms with Crippen LogP contribution in [0.2, 0.25) is 0 Å². The van der Waals surface area contributed by atoms with Gasteiger partial charge >= 0.3 is 0 Å². The number of benzene rings is 1. The summed E-state index contributed by atoms with van der Waals surface area (Å²) in [7, 11) is 0. The average molecular weight is 285 g/mol. The summed E-state index contributed by atoms with van der Waals surface area (Å²) in [6.07, 6.45) is 8.64. The van der Waals surface area contributed by atoms with Gasteiger partial charge in [-0.2, -0.15) is 0 Å². The molecule has 0 saturated heterocycles. The second-order valence-corrected chi connectivity index (χ2v) is 8.81. The number of nitrogens with one attached hydrogen (secondary N) is 1. The Balaban J connectivity index is 1.82. The lowest BCUT2D eigenvalue weighted by atomic mass is 9.49. The fourth-order valence-electron chi connectivity index (χ4n) is 4.70. The molecule has 21 heavy (non-hydrogen) atoms. The van der Waals surface area contributed by atoms with E-state index in [4.69, 9.17) is 0 Å². The van der Waals surface area contributed by atoms with E-state index in [2.05, 4.69) is 57.3 Å². The zero-order chi connectivity index (χ0) is 15.1. The lowest BCUT2D eigenvalue weighted by molar-refractivity contribution is 0.0230. The van der Waals surface area contributed by atoms with Crippen molar-refractivity contribution in [3.05, 3.63) is 35.4 Å². The van der Waals surface area contributed by atoms with Crippen LogP contribution in [0.1, 0.15) is 70.4 Å². The molecule has 0 atom stereocenters. The highest BCUT2D eigenvalue weighted by Gasteiger charge is 2.55. The highest BCUT2D eigenvalue weighted by atomic mass is 15.0. The van der Waals surface area contributed by atoms with Gasteiger partial charge in [-0.1, -0.05) is 42.7 Å². The summed E-state index contributed by atoms with van der Waals surface area (Å²) < 4.78 is 0. The maximum Gasteiger partial charge on any atom is 0.00968 e. The van der Waals surface area contributed by atoms with Crippen LogP contribution in [-0.4, -0.2) is 12.1 Å². The minimum Gasteiger partial charge on any atom is -0.311 e. The van der Waals surface area contributed by atoms with Crippen LogP contribution in [-0.2, 0) is 5.41 Å². The lowest BCUT2D eigenvalue weighted by Gasteiger charge is -2.56. The molecule has 116 valence electrons. The molecule has 0 heterocycles. The van der Waals surface area contributed by atoms with E-state index >= 15 is 0 Å². The van der Waals surface area contributed by atoms with Gasteiger partial charge in [-0.3, -0.25) is 0 Å². The van der Waals surface area contributed by atoms with Gasteiger partial charge in [0.1, 0.15) is 0 Å². The lowest BCUT2D eigenvalue weighted by Crippen LogP contribution is -2.56. The molecule has 2 aliphatic carbocycles. The summed E-state index contributed by atoms with van der Waals surface area (Å²) >= 11 is 0. The van der Waals surface area contributed by atoms with E-state index in [0.717, 1.165) is 6.54 Å². The first kappa shape index (κ1) is 15.1. The predicted molar refractivity (Wildman–Crippen MR) is 90.7 cm³/mol. The summed E-state index contributed by atoms with van der Waals surface area (Å²) in [4.78, 5) is 0. The van der Waals surface area contributed by atoms with Crippen LogP contribution in [0.25, 0.3) is 0 Å². The SMILES string of the molecule is Cc1cccc(C2(CNC(C)(C)C)CC3(CCCC3)C2)c1. The molecular weight excluding hydrogens is 254 g/mol. The van der Waals surface area contributed by atoms with E-state index < -0.39 is 0 Å². The molecule has 2 aliphatic rings. The highest BCUT2D eigenvalue weighted by molar-refractivity contribution is 5.34. The highest BCUT2D eigenvalue weighted by Crippen LogP contribution is 2.62. The van der Waals surface area contributed by atoms with Crippen LogP contribution in [0.3, 0.4) is 0 Å². The molecule has 0 aromatic heterocycles. The van der Waals surface area contributed by atoms with E-state index in [1.807, 2.05) is 0 Å². The average Bonchev–Trinajstić information content (AvgIpc) is 2.83. The topological polar surface area (TPSA) is 12.0 Å². The zero-order valence-electron chi connectivity index (χ0n) is 14.3. The Morgan fingerprint density at radius 1 is 1.10 bits per heavy atom. The van der Waals surface area contributed by atoms with E-state index in [9.17, 15) is 0 Å². The van der Waals surface area contributed by atoms with Crippen molar-refractivity contribution < 1.29 is 0 Å². The minimum absolute atomic E-state index is 0.204. The summed E-state index contributed by atoms with van der Waals surface area (Å²) in [6, 6.07) is 9.24. The van der Waals surface area contributed by atoms with Crippen molar-refractivity contribution in [3.8, 4) is 0 Å². The van der Waals surface area contributed by atoms with Gasteiger partial charge in [0.05, 0.1) is 0 Å². The molecule has 0 unspecified atom stereocenters. The number of rotatable bonds is 3. The van der Waals surface area contributed by atoms with E-state index in [1.54, 1.807) is 5.56 Å². The molecule has 2 saturated carbocycles. The molecule has 1 aromatic rings. The van der Waals surface area contributed by atoms with Crippen LogP contribution in [0.5, 0.6) is 0 Å². The first-order chi connectivity index (χ1) is 9.83. The normalized spacial score (nSPS) is 23.2. The third-order valence-electron chi connectivity index (χ3n) is 5.68. The Morgan fingerprint density at radius 2 is 1.76 bits per heavy atom. The smallest absolute Gasteiger partial charge is 0.00968 e. The van der Waals surface area contributed by atoms with E-state index in [0.29, 0.717) is 10.8 Å². The third-order valence-corrected chi connectivity index (χ3v) is 5.68. The Hall–Kier alpha value is -0.820. The first-order valence-corrected chi connectivity index (χ1v) is 8.65. The summed E-state index contributed by atoms with van der Waals surface area (Å²) in [6.45, 7) is 10.2. The van der Waals surface area contributed by atoms with Crippen molar-refractivity contribution in [2.24, 2.45) is 5.41 Å². The van der Waals surface area contributed by atoms with Crippen LogP contribution in [0.4, 0.5) is 0 Å². The monoisotopic (exact) mass is 285 g/mol. The molecule has 3 rings (SSSR count). The van der Waals surface area contributed by atoms with Gasteiger partial charge in [0.15, 0.2) is 0 Å². The molecule has 0 radical (unpaired) electrons. The largest absolute Gasteiger partial charge is 0.311 e. The number of aryl methyl sites for hydroxylation is 1. The van der Waals surface area contributed by atoms with E-state index in [1.165, 1.54) is 44.1 Å². The Labute approximate surface area is 130 Å². The molecule has 0 aliphatic heterocycles. The Kier molecular flexibility index (Phi) is 3.68. The second kappa shape index (κ2) is 5.12. The van der Waals surface area contributed by atoms with Gasteiger partial charge in [0.2, 0.25) is 0 Å². The summed E-state index contributed by atoms with van der Waals surface area (Å²) in [5.41, 5.74) is 4.23. The quantitative estimate of drug-likeness (QED) is 0.826. The van der Waals surface area contributed by atoms with Crippen LogP contribution in [0, 0.1) is 12.3 Å². The van der Waals surface area contributed by atoms with Crippen molar-refractivity contribution in [2.75, 3.05) is 6.54 Å². The van der Waals surface area contributed by atoms with Crippen molar-refractivity contribution >= 4 is 0 Å². The van der Waals surface area contributed by atoms with Gasteiger partial charge in [0.25, 0.3) is 0 Å². The molecule has 1 spiro atoms. The fourth-order valence-corrected chi connectivity index (χ4v) is 4.70. The molecule has 0 amide bonds. The maximum atomic E-state index is 3.79. The van der Waals surface area contributed by atoms with Crippen molar-refractivity contribution in [2.45, 2.75) is 77.2 Å². The minimum atomic E-state index is 0.204. The molecule has 1 nitrogen and oxygen atoms in total. The first-order valence-electron chi connectivity index (χ1n) is 8.65. The van der Waals surface area contributed by atoms with Crippen molar-refractivity contribution in [3.63, 3.8) is 0 Å². The van der Waals surface area contributed by atoms with Crippen LogP contribution in [0.15, 0.2) is 24.3 Å². The Bertz CT molecular complexity index is 495. The van der Waals surface area contributed by atoms with Crippen molar-refractivity contribution in [1.29, 1.82) is 0 Å². The van der Waals surface area contributed by atoms with Gasteiger partial charge in [-0.25, -0.2) is 0 Å². The second-order valence-electron chi connectivity index (χ2n) is 8.81. The van der Waals surface area contributed by atoms with Gasteiger partial charge in [0, 0.05) is 17.5 Å². The van der Waals surface area contributed by atoms with Gasteiger partial charge in [-0.05, 0) is 64.4 Å². The number of hydrogen-bond donors (Lipinski definition) is 1. The predicted octanol–water partition coefficient (Wildman–Crippen LogP) is 4.98. The summed E-state index contributed by atoms with van der Waals surface area (Å²) in [5, 5.41) is 3.79. The zero-order valence-corrected chi connectivity index (χ0v) is 14.3. The fraction of sp³-hybridized carbons (Fsp3) is 0.700. The standard InChI is InChI=1S/C20H31N/c1-16-8-7-9-17(12-16)20(15-21-18(2,3)4)13-19(14-20)10-5-6-11-19/h7-9,12,21H,5-6,10-11,13-15H2,1-4H3. The number of hydrogen-bond acceptors (Lipinski definition) is 1. The maximum absolute atomic E-state index is 3.79. The van der Waals surface area contributed by atoms with Crippen molar-refractivity contribution in [1.82, 2.24) is 5.32 Å². The van der Waals surface area contributed by atoms with Crippen LogP contribution < -0.4 is 5.32 Å². The molecular formula is C20H31N.